The SMILES string of the molecule is c1cc(-c2ccc3c(c2)-c2cccc4cccc(c24)O3)cc(-c2ccc3oc4ccccc4c3c2)c1. The molecule has 2 heterocycles. The maximum Gasteiger partial charge on any atom is 0.135 e. The number of rotatable bonds is 2. The Labute approximate surface area is 208 Å². The molecule has 0 spiro atoms. The Morgan fingerprint density at radius 3 is 2.06 bits per heavy atom. The molecule has 0 saturated carbocycles. The molecule has 0 unspecified atom stereocenters. The van der Waals surface area contributed by atoms with E-state index in [0.29, 0.717) is 0 Å². The summed E-state index contributed by atoms with van der Waals surface area (Å²) in [6, 6.07) is 42.6. The van der Waals surface area contributed by atoms with E-state index >= 15 is 0 Å². The molecule has 0 bridgehead atoms. The highest BCUT2D eigenvalue weighted by molar-refractivity contribution is 6.06. The lowest BCUT2D eigenvalue weighted by atomic mass is 9.91. The topological polar surface area (TPSA) is 22.4 Å². The lowest BCUT2D eigenvalue weighted by Crippen LogP contribution is -1.97. The molecule has 2 nitrogen and oxygen atoms in total. The van der Waals surface area contributed by atoms with Crippen LogP contribution in [0.1, 0.15) is 0 Å². The van der Waals surface area contributed by atoms with Crippen molar-refractivity contribution in [1.29, 1.82) is 0 Å². The fourth-order valence-electron chi connectivity index (χ4n) is 5.53. The van der Waals surface area contributed by atoms with Crippen molar-refractivity contribution in [3.63, 3.8) is 0 Å². The number of hydrogen-bond acceptors (Lipinski definition) is 2. The summed E-state index contributed by atoms with van der Waals surface area (Å²) in [6.45, 7) is 0. The van der Waals surface area contributed by atoms with Gasteiger partial charge in [-0.25, -0.2) is 0 Å². The number of benzene rings is 6. The second kappa shape index (κ2) is 7.34. The molecule has 7 aromatic rings. The average Bonchev–Trinajstić information content (AvgIpc) is 3.31. The standard InChI is InChI=1S/C34H20O2/c1-2-12-30-26(10-1)28-19-24(14-16-31(28)35-30)22-8-3-9-23(18-22)25-15-17-32-29(20-25)27-11-4-6-21-7-5-13-33(36-32)34(21)27/h1-20H. The van der Waals surface area contributed by atoms with Crippen molar-refractivity contribution in [2.45, 2.75) is 0 Å². The summed E-state index contributed by atoms with van der Waals surface area (Å²) in [7, 11) is 0. The second-order valence-corrected chi connectivity index (χ2v) is 9.36. The first kappa shape index (κ1) is 19.5. The van der Waals surface area contributed by atoms with E-state index in [1.165, 1.54) is 38.6 Å². The number of para-hydroxylation sites is 1. The van der Waals surface area contributed by atoms with Crippen molar-refractivity contribution in [3.8, 4) is 44.9 Å². The molecule has 1 aliphatic rings. The number of hydrogen-bond donors (Lipinski definition) is 0. The minimum atomic E-state index is 0.901. The molecule has 1 aromatic heterocycles. The second-order valence-electron chi connectivity index (χ2n) is 9.36. The fraction of sp³-hybridized carbons (Fsp3) is 0. The van der Waals surface area contributed by atoms with Gasteiger partial charge in [-0.3, -0.25) is 0 Å². The molecular weight excluding hydrogens is 440 g/mol. The highest BCUT2D eigenvalue weighted by Crippen LogP contribution is 2.47. The van der Waals surface area contributed by atoms with Gasteiger partial charge in [0.2, 0.25) is 0 Å². The summed E-state index contributed by atoms with van der Waals surface area (Å²) in [6.07, 6.45) is 0. The van der Waals surface area contributed by atoms with E-state index in [2.05, 4.69) is 103 Å². The van der Waals surface area contributed by atoms with E-state index in [-0.39, 0.29) is 0 Å². The van der Waals surface area contributed by atoms with Crippen LogP contribution >= 0.6 is 0 Å². The molecule has 0 atom stereocenters. The molecule has 0 N–H and O–H groups in total. The van der Waals surface area contributed by atoms with E-state index in [1.54, 1.807) is 0 Å². The van der Waals surface area contributed by atoms with Gasteiger partial charge in [0, 0.05) is 21.7 Å². The summed E-state index contributed by atoms with van der Waals surface area (Å²) in [4.78, 5) is 0. The van der Waals surface area contributed by atoms with Gasteiger partial charge in [-0.15, -0.1) is 0 Å². The van der Waals surface area contributed by atoms with Crippen molar-refractivity contribution in [3.05, 3.63) is 121 Å². The molecule has 0 fully saturated rings. The fourth-order valence-corrected chi connectivity index (χ4v) is 5.53. The van der Waals surface area contributed by atoms with Gasteiger partial charge in [-0.05, 0) is 75.7 Å². The van der Waals surface area contributed by atoms with E-state index in [0.717, 1.165) is 39.0 Å². The van der Waals surface area contributed by atoms with Crippen LogP contribution in [0.5, 0.6) is 11.5 Å². The smallest absolute Gasteiger partial charge is 0.135 e. The molecule has 168 valence electrons. The number of fused-ring (bicyclic) bond motifs is 5. The average molecular weight is 461 g/mol. The van der Waals surface area contributed by atoms with Gasteiger partial charge in [-0.2, -0.15) is 0 Å². The molecule has 0 amide bonds. The monoisotopic (exact) mass is 460 g/mol. The third-order valence-corrected chi connectivity index (χ3v) is 7.26. The molecule has 0 radical (unpaired) electrons. The Morgan fingerprint density at radius 2 is 1.14 bits per heavy atom. The molecule has 1 aliphatic heterocycles. The van der Waals surface area contributed by atoms with Crippen LogP contribution in [-0.2, 0) is 0 Å². The van der Waals surface area contributed by atoms with Gasteiger partial charge < -0.3 is 9.15 Å². The lowest BCUT2D eigenvalue weighted by molar-refractivity contribution is 0.487. The van der Waals surface area contributed by atoms with Crippen LogP contribution in [0.25, 0.3) is 66.1 Å². The zero-order valence-electron chi connectivity index (χ0n) is 19.4. The Balaban J connectivity index is 1.25. The Bertz CT molecular complexity index is 1970. The first-order valence-electron chi connectivity index (χ1n) is 12.2. The van der Waals surface area contributed by atoms with Crippen LogP contribution in [0.4, 0.5) is 0 Å². The highest BCUT2D eigenvalue weighted by atomic mass is 16.5. The van der Waals surface area contributed by atoms with Gasteiger partial charge >= 0.3 is 0 Å². The predicted octanol–water partition coefficient (Wildman–Crippen LogP) is 9.85. The van der Waals surface area contributed by atoms with Crippen LogP contribution in [0, 0.1) is 0 Å². The summed E-state index contributed by atoms with van der Waals surface area (Å²) in [5, 5.41) is 4.67. The van der Waals surface area contributed by atoms with E-state index in [1.807, 2.05) is 18.2 Å². The van der Waals surface area contributed by atoms with E-state index in [9.17, 15) is 0 Å². The highest BCUT2D eigenvalue weighted by Gasteiger charge is 2.20. The zero-order chi connectivity index (χ0) is 23.6. The normalized spacial score (nSPS) is 12.1. The van der Waals surface area contributed by atoms with Crippen LogP contribution in [0.3, 0.4) is 0 Å². The van der Waals surface area contributed by atoms with Crippen molar-refractivity contribution in [1.82, 2.24) is 0 Å². The summed E-state index contributed by atoms with van der Waals surface area (Å²) in [5.41, 5.74) is 8.90. The lowest BCUT2D eigenvalue weighted by Gasteiger charge is -2.22. The van der Waals surface area contributed by atoms with Crippen molar-refractivity contribution in [2.75, 3.05) is 0 Å². The van der Waals surface area contributed by atoms with Gasteiger partial charge in [0.15, 0.2) is 0 Å². The van der Waals surface area contributed by atoms with Crippen molar-refractivity contribution in [2.24, 2.45) is 0 Å². The van der Waals surface area contributed by atoms with E-state index < -0.39 is 0 Å². The first-order valence-corrected chi connectivity index (χ1v) is 12.2. The molecule has 8 rings (SSSR count). The molecule has 0 saturated heterocycles. The minimum Gasteiger partial charge on any atom is -0.456 e. The first-order chi connectivity index (χ1) is 17.8. The van der Waals surface area contributed by atoms with Gasteiger partial charge in [0.25, 0.3) is 0 Å². The number of furan rings is 1. The Morgan fingerprint density at radius 1 is 0.417 bits per heavy atom. The van der Waals surface area contributed by atoms with Gasteiger partial charge in [0.1, 0.15) is 22.7 Å². The largest absolute Gasteiger partial charge is 0.456 e. The molecule has 6 aromatic carbocycles. The Kier molecular flexibility index (Phi) is 3.97. The molecule has 36 heavy (non-hydrogen) atoms. The van der Waals surface area contributed by atoms with Gasteiger partial charge in [-0.1, -0.05) is 78.9 Å². The third-order valence-electron chi connectivity index (χ3n) is 7.26. The maximum atomic E-state index is 6.29. The minimum absolute atomic E-state index is 0.901. The molecule has 2 heteroatoms. The molecular formula is C34H20O2. The van der Waals surface area contributed by atoms with Gasteiger partial charge in [0.05, 0.1) is 0 Å². The maximum absolute atomic E-state index is 6.29. The quantitative estimate of drug-likeness (QED) is 0.256. The summed E-state index contributed by atoms with van der Waals surface area (Å²) < 4.78 is 12.3. The zero-order valence-corrected chi connectivity index (χ0v) is 19.4. The molecule has 0 aliphatic carbocycles. The summed E-state index contributed by atoms with van der Waals surface area (Å²) in [5.74, 6) is 1.82. The number of ether oxygens (including phenoxy) is 1. The van der Waals surface area contributed by atoms with Crippen molar-refractivity contribution < 1.29 is 9.15 Å². The van der Waals surface area contributed by atoms with Crippen LogP contribution in [-0.4, -0.2) is 0 Å². The van der Waals surface area contributed by atoms with Crippen molar-refractivity contribution >= 4 is 32.7 Å². The Hall–Kier alpha value is -4.82. The summed E-state index contributed by atoms with van der Waals surface area (Å²) >= 11 is 0. The van der Waals surface area contributed by atoms with Crippen LogP contribution in [0.2, 0.25) is 0 Å². The van der Waals surface area contributed by atoms with Crippen LogP contribution in [0.15, 0.2) is 126 Å². The van der Waals surface area contributed by atoms with Crippen LogP contribution < -0.4 is 4.74 Å². The van der Waals surface area contributed by atoms with E-state index in [4.69, 9.17) is 9.15 Å². The predicted molar refractivity (Wildman–Crippen MR) is 148 cm³/mol. The third kappa shape index (κ3) is 2.85.